The van der Waals surface area contributed by atoms with E-state index in [0.29, 0.717) is 11.1 Å². The molecule has 1 N–H and O–H groups in total. The predicted molar refractivity (Wildman–Crippen MR) is 60.3 cm³/mol. The lowest BCUT2D eigenvalue weighted by Gasteiger charge is -2.05. The zero-order chi connectivity index (χ0) is 11.5. The largest absolute Gasteiger partial charge is 0.392 e. The molecule has 1 heterocycles. The fraction of sp³-hybridized carbons (Fsp3) is 0.154. The van der Waals surface area contributed by atoms with Crippen molar-refractivity contribution in [1.29, 1.82) is 0 Å². The Hall–Kier alpha value is -1.74. The molecule has 0 aliphatic heterocycles. The van der Waals surface area contributed by atoms with Crippen LogP contribution in [-0.4, -0.2) is 10.1 Å². The molecule has 0 fully saturated rings. The van der Waals surface area contributed by atoms with Gasteiger partial charge in [-0.15, -0.1) is 0 Å². The molecule has 82 valence electrons. The van der Waals surface area contributed by atoms with Crippen LogP contribution in [-0.2, 0) is 6.61 Å². The number of aliphatic hydroxyl groups is 1. The summed E-state index contributed by atoms with van der Waals surface area (Å²) in [6.45, 7) is 1.73. The highest BCUT2D eigenvalue weighted by atomic mass is 19.1. The van der Waals surface area contributed by atoms with Gasteiger partial charge in [0.2, 0.25) is 0 Å². The Kier molecular flexibility index (Phi) is 2.97. The number of rotatable bonds is 2. The molecule has 2 aromatic rings. The normalized spacial score (nSPS) is 10.4. The van der Waals surface area contributed by atoms with Gasteiger partial charge in [-0.25, -0.2) is 4.39 Å². The van der Waals surface area contributed by atoms with Gasteiger partial charge in [0.1, 0.15) is 5.82 Å². The fourth-order valence-electron chi connectivity index (χ4n) is 1.52. The number of aliphatic hydroxyl groups excluding tert-OH is 1. The number of aryl methyl sites for hydroxylation is 1. The minimum atomic E-state index is -0.336. The monoisotopic (exact) mass is 217 g/mol. The van der Waals surface area contributed by atoms with E-state index in [0.717, 1.165) is 11.3 Å². The van der Waals surface area contributed by atoms with E-state index >= 15 is 0 Å². The van der Waals surface area contributed by atoms with Crippen LogP contribution < -0.4 is 0 Å². The third-order valence-corrected chi connectivity index (χ3v) is 2.44. The SMILES string of the molecule is Cc1ccc(-c2ccc(CO)cc2F)cn1. The molecule has 2 rings (SSSR count). The maximum atomic E-state index is 13.7. The van der Waals surface area contributed by atoms with Crippen LogP contribution in [0.3, 0.4) is 0 Å². The van der Waals surface area contributed by atoms with Gasteiger partial charge in [-0.1, -0.05) is 18.2 Å². The average molecular weight is 217 g/mol. The summed E-state index contributed by atoms with van der Waals surface area (Å²) in [7, 11) is 0. The maximum Gasteiger partial charge on any atom is 0.131 e. The molecule has 16 heavy (non-hydrogen) atoms. The minimum absolute atomic E-state index is 0.149. The molecule has 0 radical (unpaired) electrons. The van der Waals surface area contributed by atoms with Crippen molar-refractivity contribution < 1.29 is 9.50 Å². The van der Waals surface area contributed by atoms with Gasteiger partial charge in [-0.2, -0.15) is 0 Å². The maximum absolute atomic E-state index is 13.7. The zero-order valence-corrected chi connectivity index (χ0v) is 8.94. The first kappa shape index (κ1) is 10.8. The van der Waals surface area contributed by atoms with Crippen LogP contribution in [0.5, 0.6) is 0 Å². The molecule has 0 saturated carbocycles. The van der Waals surface area contributed by atoms with Crippen molar-refractivity contribution in [3.63, 3.8) is 0 Å². The van der Waals surface area contributed by atoms with Gasteiger partial charge in [0, 0.05) is 23.0 Å². The highest BCUT2D eigenvalue weighted by molar-refractivity contribution is 5.63. The van der Waals surface area contributed by atoms with E-state index in [1.54, 1.807) is 18.3 Å². The first-order valence-corrected chi connectivity index (χ1v) is 5.03. The fourth-order valence-corrected chi connectivity index (χ4v) is 1.52. The molecule has 0 aliphatic carbocycles. The number of pyridine rings is 1. The van der Waals surface area contributed by atoms with Gasteiger partial charge >= 0.3 is 0 Å². The summed E-state index contributed by atoms with van der Waals surface area (Å²) >= 11 is 0. The lowest BCUT2D eigenvalue weighted by atomic mass is 10.0. The van der Waals surface area contributed by atoms with Crippen LogP contribution in [0.15, 0.2) is 36.5 Å². The molecule has 0 unspecified atom stereocenters. The van der Waals surface area contributed by atoms with Crippen LogP contribution in [0.1, 0.15) is 11.3 Å². The summed E-state index contributed by atoms with van der Waals surface area (Å²) in [5, 5.41) is 8.88. The topological polar surface area (TPSA) is 33.1 Å². The first-order chi connectivity index (χ1) is 7.70. The molecule has 0 bridgehead atoms. The first-order valence-electron chi connectivity index (χ1n) is 5.03. The summed E-state index contributed by atoms with van der Waals surface area (Å²) in [4.78, 5) is 4.12. The van der Waals surface area contributed by atoms with Crippen molar-refractivity contribution in [2.24, 2.45) is 0 Å². The van der Waals surface area contributed by atoms with Crippen molar-refractivity contribution in [3.05, 3.63) is 53.6 Å². The predicted octanol–water partition coefficient (Wildman–Crippen LogP) is 2.69. The Bertz CT molecular complexity index is 494. The third-order valence-electron chi connectivity index (χ3n) is 2.44. The van der Waals surface area contributed by atoms with Crippen molar-refractivity contribution in [3.8, 4) is 11.1 Å². The number of aromatic nitrogens is 1. The molecule has 0 spiro atoms. The summed E-state index contributed by atoms with van der Waals surface area (Å²) < 4.78 is 13.7. The van der Waals surface area contributed by atoms with Gasteiger partial charge in [-0.05, 0) is 24.6 Å². The molecule has 0 atom stereocenters. The summed E-state index contributed by atoms with van der Waals surface area (Å²) in [5.41, 5.74) is 2.72. The van der Waals surface area contributed by atoms with Crippen molar-refractivity contribution in [2.45, 2.75) is 13.5 Å². The molecule has 1 aromatic heterocycles. The Labute approximate surface area is 93.4 Å². The van der Waals surface area contributed by atoms with E-state index in [1.807, 2.05) is 19.1 Å². The molecule has 0 aliphatic rings. The van der Waals surface area contributed by atoms with Crippen molar-refractivity contribution >= 4 is 0 Å². The standard InChI is InChI=1S/C13H12FNO/c1-9-2-4-11(7-15-9)12-5-3-10(8-16)6-13(12)14/h2-7,16H,8H2,1H3. The zero-order valence-electron chi connectivity index (χ0n) is 8.94. The Morgan fingerprint density at radius 3 is 2.62 bits per heavy atom. The van der Waals surface area contributed by atoms with Crippen LogP contribution in [0, 0.1) is 12.7 Å². The van der Waals surface area contributed by atoms with Gasteiger partial charge in [0.05, 0.1) is 6.61 Å². The lowest BCUT2D eigenvalue weighted by molar-refractivity contribution is 0.281. The van der Waals surface area contributed by atoms with Gasteiger partial charge in [-0.3, -0.25) is 4.98 Å². The molecule has 0 amide bonds. The second-order valence-electron chi connectivity index (χ2n) is 3.66. The Balaban J connectivity index is 2.44. The van der Waals surface area contributed by atoms with Crippen LogP contribution in [0.25, 0.3) is 11.1 Å². The summed E-state index contributed by atoms with van der Waals surface area (Å²) in [6, 6.07) is 8.38. The number of benzene rings is 1. The highest BCUT2D eigenvalue weighted by Crippen LogP contribution is 2.23. The highest BCUT2D eigenvalue weighted by Gasteiger charge is 2.05. The van der Waals surface area contributed by atoms with Crippen LogP contribution in [0.4, 0.5) is 4.39 Å². The van der Waals surface area contributed by atoms with E-state index in [-0.39, 0.29) is 12.4 Å². The van der Waals surface area contributed by atoms with E-state index in [2.05, 4.69) is 4.98 Å². The smallest absolute Gasteiger partial charge is 0.131 e. The molecule has 2 nitrogen and oxygen atoms in total. The van der Waals surface area contributed by atoms with Crippen molar-refractivity contribution in [2.75, 3.05) is 0 Å². The van der Waals surface area contributed by atoms with Gasteiger partial charge < -0.3 is 5.11 Å². The minimum Gasteiger partial charge on any atom is -0.392 e. The second kappa shape index (κ2) is 4.41. The van der Waals surface area contributed by atoms with E-state index in [4.69, 9.17) is 5.11 Å². The second-order valence-corrected chi connectivity index (χ2v) is 3.66. The number of hydrogen-bond acceptors (Lipinski definition) is 2. The van der Waals surface area contributed by atoms with Crippen molar-refractivity contribution in [1.82, 2.24) is 4.98 Å². The van der Waals surface area contributed by atoms with E-state index < -0.39 is 0 Å². The van der Waals surface area contributed by atoms with Gasteiger partial charge in [0.15, 0.2) is 0 Å². The van der Waals surface area contributed by atoms with Gasteiger partial charge in [0.25, 0.3) is 0 Å². The van der Waals surface area contributed by atoms with E-state index in [9.17, 15) is 4.39 Å². The van der Waals surface area contributed by atoms with Crippen LogP contribution >= 0.6 is 0 Å². The Morgan fingerprint density at radius 2 is 2.06 bits per heavy atom. The van der Waals surface area contributed by atoms with Crippen LogP contribution in [0.2, 0.25) is 0 Å². The molecule has 0 saturated heterocycles. The number of halogens is 1. The molecule has 3 heteroatoms. The summed E-state index contributed by atoms with van der Waals surface area (Å²) in [6.07, 6.45) is 1.65. The number of nitrogens with zero attached hydrogens (tertiary/aromatic N) is 1. The quantitative estimate of drug-likeness (QED) is 0.839. The molecule has 1 aromatic carbocycles. The third kappa shape index (κ3) is 2.09. The summed E-state index contributed by atoms with van der Waals surface area (Å²) in [5.74, 6) is -0.336. The molecular formula is C13H12FNO. The molecular weight excluding hydrogens is 205 g/mol. The lowest BCUT2D eigenvalue weighted by Crippen LogP contribution is -1.90. The Morgan fingerprint density at radius 1 is 1.25 bits per heavy atom. The average Bonchev–Trinajstić information content (AvgIpc) is 2.30. The number of hydrogen-bond donors (Lipinski definition) is 1. The van der Waals surface area contributed by atoms with E-state index in [1.165, 1.54) is 6.07 Å².